The maximum absolute atomic E-state index is 5.91. The van der Waals surface area contributed by atoms with Gasteiger partial charge in [0.2, 0.25) is 11.8 Å². The van der Waals surface area contributed by atoms with Gasteiger partial charge in [0.15, 0.2) is 11.0 Å². The van der Waals surface area contributed by atoms with E-state index in [-0.39, 0.29) is 0 Å². The van der Waals surface area contributed by atoms with E-state index in [9.17, 15) is 0 Å². The Morgan fingerprint density at radius 3 is 2.49 bits per heavy atom. The van der Waals surface area contributed by atoms with Crippen LogP contribution in [0.5, 0.6) is 5.75 Å². The summed E-state index contributed by atoms with van der Waals surface area (Å²) < 4.78 is 13.2. The van der Waals surface area contributed by atoms with E-state index in [1.54, 1.807) is 19.5 Å². The van der Waals surface area contributed by atoms with Crippen LogP contribution in [0.4, 0.5) is 0 Å². The first-order valence-electron chi connectivity index (χ1n) is 11.2. The van der Waals surface area contributed by atoms with Gasteiger partial charge in [-0.05, 0) is 53.9 Å². The molecule has 8 nitrogen and oxygen atoms in total. The molecule has 2 aromatic carbocycles. The van der Waals surface area contributed by atoms with E-state index in [0.29, 0.717) is 23.5 Å². The highest BCUT2D eigenvalue weighted by Crippen LogP contribution is 2.33. The van der Waals surface area contributed by atoms with Crippen molar-refractivity contribution in [2.45, 2.75) is 30.7 Å². The molecule has 0 unspecified atom stereocenters. The lowest BCUT2D eigenvalue weighted by Crippen LogP contribution is -2.05. The van der Waals surface area contributed by atoms with Gasteiger partial charge in [0, 0.05) is 23.5 Å². The lowest BCUT2D eigenvalue weighted by molar-refractivity contribution is 0.415. The second-order valence-corrected chi connectivity index (χ2v) is 9.06. The molecule has 0 aliphatic heterocycles. The Morgan fingerprint density at radius 2 is 1.74 bits per heavy atom. The van der Waals surface area contributed by atoms with Crippen LogP contribution in [0, 0.1) is 0 Å². The van der Waals surface area contributed by atoms with E-state index in [4.69, 9.17) is 9.15 Å². The van der Waals surface area contributed by atoms with Crippen molar-refractivity contribution in [3.63, 3.8) is 0 Å². The zero-order valence-electron chi connectivity index (χ0n) is 19.6. The molecule has 3 aromatic heterocycles. The van der Waals surface area contributed by atoms with Gasteiger partial charge in [-0.1, -0.05) is 43.8 Å². The highest BCUT2D eigenvalue weighted by Gasteiger charge is 2.20. The number of aromatic nitrogens is 6. The second kappa shape index (κ2) is 10.1. The predicted octanol–water partition coefficient (Wildman–Crippen LogP) is 5.80. The monoisotopic (exact) mass is 484 g/mol. The molecule has 3 heterocycles. The molecule has 5 rings (SSSR count). The quantitative estimate of drug-likeness (QED) is 0.255. The third-order valence-corrected chi connectivity index (χ3v) is 6.40. The third-order valence-electron chi connectivity index (χ3n) is 5.48. The van der Waals surface area contributed by atoms with Crippen LogP contribution in [0.15, 0.2) is 82.6 Å². The summed E-state index contributed by atoms with van der Waals surface area (Å²) in [4.78, 5) is 4.27. The Kier molecular flexibility index (Phi) is 6.58. The zero-order valence-corrected chi connectivity index (χ0v) is 20.4. The summed E-state index contributed by atoms with van der Waals surface area (Å²) >= 11 is 1.50. The fraction of sp³-hybridized carbons (Fsp3) is 0.192. The number of benzene rings is 2. The van der Waals surface area contributed by atoms with Gasteiger partial charge in [-0.25, -0.2) is 0 Å². The molecular formula is C26H24N6O2S. The molecule has 0 bridgehead atoms. The van der Waals surface area contributed by atoms with E-state index < -0.39 is 0 Å². The van der Waals surface area contributed by atoms with Gasteiger partial charge in [-0.2, -0.15) is 0 Å². The van der Waals surface area contributed by atoms with Gasteiger partial charge < -0.3 is 9.15 Å². The van der Waals surface area contributed by atoms with Gasteiger partial charge in [0.1, 0.15) is 5.75 Å². The zero-order chi connectivity index (χ0) is 24.2. The van der Waals surface area contributed by atoms with Gasteiger partial charge in [-0.3, -0.25) is 9.55 Å². The number of hydrogen-bond donors (Lipinski definition) is 0. The maximum atomic E-state index is 5.91. The minimum absolute atomic E-state index is 0.330. The van der Waals surface area contributed by atoms with Crippen molar-refractivity contribution in [1.29, 1.82) is 0 Å². The first kappa shape index (κ1) is 22.8. The average molecular weight is 485 g/mol. The largest absolute Gasteiger partial charge is 0.497 e. The Labute approximate surface area is 207 Å². The lowest BCUT2D eigenvalue weighted by atomic mass is 10.0. The van der Waals surface area contributed by atoms with E-state index in [0.717, 1.165) is 33.5 Å². The summed E-state index contributed by atoms with van der Waals surface area (Å²) in [5.74, 6) is 3.27. The molecule has 0 radical (unpaired) electrons. The van der Waals surface area contributed by atoms with Crippen LogP contribution in [0.2, 0.25) is 0 Å². The number of thioether (sulfide) groups is 1. The highest BCUT2D eigenvalue weighted by atomic mass is 32.2. The fourth-order valence-electron chi connectivity index (χ4n) is 3.73. The van der Waals surface area contributed by atoms with Crippen LogP contribution >= 0.6 is 11.8 Å². The summed E-state index contributed by atoms with van der Waals surface area (Å²) in [5, 5.41) is 18.2. The predicted molar refractivity (Wildman–Crippen MR) is 135 cm³/mol. The van der Waals surface area contributed by atoms with Crippen LogP contribution in [-0.4, -0.2) is 37.1 Å². The molecule has 0 amide bonds. The summed E-state index contributed by atoms with van der Waals surface area (Å²) in [6, 6.07) is 19.7. The third kappa shape index (κ3) is 4.81. The number of pyridine rings is 1. The molecule has 0 saturated carbocycles. The van der Waals surface area contributed by atoms with Crippen molar-refractivity contribution in [2.75, 3.05) is 7.11 Å². The number of para-hydroxylation sites is 1. The van der Waals surface area contributed by atoms with Crippen molar-refractivity contribution in [2.24, 2.45) is 0 Å². The van der Waals surface area contributed by atoms with Crippen LogP contribution in [0.25, 0.3) is 28.5 Å². The number of methoxy groups -OCH3 is 1. The normalized spacial score (nSPS) is 11.2. The Morgan fingerprint density at radius 1 is 0.914 bits per heavy atom. The fourth-order valence-corrected chi connectivity index (χ4v) is 4.51. The number of hydrogen-bond acceptors (Lipinski definition) is 8. The SMILES string of the molecule is COc1ccc(-c2nnc(CSc3nnc(-c4cccnc4)n3-c3ccccc3C(C)C)o2)cc1. The smallest absolute Gasteiger partial charge is 0.247 e. The minimum atomic E-state index is 0.330. The maximum Gasteiger partial charge on any atom is 0.247 e. The van der Waals surface area contributed by atoms with Gasteiger partial charge in [0.25, 0.3) is 0 Å². The van der Waals surface area contributed by atoms with E-state index >= 15 is 0 Å². The molecule has 176 valence electrons. The molecule has 0 aliphatic rings. The van der Waals surface area contributed by atoms with Gasteiger partial charge in [0.05, 0.1) is 18.6 Å². The lowest BCUT2D eigenvalue weighted by Gasteiger charge is -2.16. The number of ether oxygens (including phenoxy) is 1. The molecule has 0 N–H and O–H groups in total. The molecule has 35 heavy (non-hydrogen) atoms. The van der Waals surface area contributed by atoms with Crippen LogP contribution in [0.3, 0.4) is 0 Å². The van der Waals surface area contributed by atoms with Crippen LogP contribution in [-0.2, 0) is 5.75 Å². The number of rotatable bonds is 8. The van der Waals surface area contributed by atoms with Crippen LogP contribution < -0.4 is 4.74 Å². The molecule has 5 aromatic rings. The topological polar surface area (TPSA) is 91.8 Å². The molecule has 0 aliphatic carbocycles. The Balaban J connectivity index is 1.46. The van der Waals surface area contributed by atoms with Crippen molar-refractivity contribution in [3.05, 3.63) is 84.5 Å². The second-order valence-electron chi connectivity index (χ2n) is 8.11. The molecular weight excluding hydrogens is 460 g/mol. The van der Waals surface area contributed by atoms with Crippen molar-refractivity contribution in [3.8, 4) is 34.3 Å². The molecule has 0 saturated heterocycles. The summed E-state index contributed by atoms with van der Waals surface area (Å²) in [6.45, 7) is 4.36. The standard InChI is InChI=1S/C26H24N6O2S/c1-17(2)21-8-4-5-9-22(21)32-24(19-7-6-14-27-15-19)29-31-26(32)35-16-23-28-30-25(34-23)18-10-12-20(33-3)13-11-18/h4-15,17H,16H2,1-3H3. The first-order valence-corrected chi connectivity index (χ1v) is 12.2. The number of nitrogens with zero attached hydrogens (tertiary/aromatic N) is 6. The van der Waals surface area contributed by atoms with Crippen LogP contribution in [0.1, 0.15) is 31.2 Å². The van der Waals surface area contributed by atoms with Gasteiger partial charge >= 0.3 is 0 Å². The van der Waals surface area contributed by atoms with Crippen molar-refractivity contribution < 1.29 is 9.15 Å². The minimum Gasteiger partial charge on any atom is -0.497 e. The average Bonchev–Trinajstić information content (AvgIpc) is 3.55. The summed E-state index contributed by atoms with van der Waals surface area (Å²) in [5.41, 5.74) is 3.98. The molecule has 0 fully saturated rings. The molecule has 0 spiro atoms. The molecule has 9 heteroatoms. The van der Waals surface area contributed by atoms with E-state index in [1.165, 1.54) is 17.3 Å². The van der Waals surface area contributed by atoms with E-state index in [2.05, 4.69) is 62.0 Å². The van der Waals surface area contributed by atoms with E-state index in [1.807, 2.05) is 42.5 Å². The Bertz CT molecular complexity index is 1410. The van der Waals surface area contributed by atoms with Crippen molar-refractivity contribution >= 4 is 11.8 Å². The van der Waals surface area contributed by atoms with Crippen molar-refractivity contribution in [1.82, 2.24) is 29.9 Å². The first-order chi connectivity index (χ1) is 17.1. The Hall–Kier alpha value is -3.98. The molecule has 0 atom stereocenters. The highest BCUT2D eigenvalue weighted by molar-refractivity contribution is 7.98. The summed E-state index contributed by atoms with van der Waals surface area (Å²) in [6.07, 6.45) is 3.55. The van der Waals surface area contributed by atoms with Gasteiger partial charge in [-0.15, -0.1) is 20.4 Å². The summed E-state index contributed by atoms with van der Waals surface area (Å²) in [7, 11) is 1.63.